The highest BCUT2D eigenvalue weighted by molar-refractivity contribution is 7.17. The standard InChI is InChI=1S/C19H22N2O4S/c22-17(14-7-4-10-25-14)21-19-16(13-6-1-2-8-15(13)26-19)18(23)20-11-12-5-3-9-24-12/h4,7,10,12H,1-3,5-6,8-9,11H2,(H,20,23)(H,21,22)/t12-/m0/s1. The number of thiophene rings is 1. The van der Waals surface area contributed by atoms with E-state index in [-0.39, 0.29) is 23.7 Å². The second-order valence-corrected chi connectivity index (χ2v) is 7.80. The van der Waals surface area contributed by atoms with Crippen molar-refractivity contribution < 1.29 is 18.7 Å². The van der Waals surface area contributed by atoms with Gasteiger partial charge in [-0.2, -0.15) is 0 Å². The highest BCUT2D eigenvalue weighted by Crippen LogP contribution is 2.38. The Morgan fingerprint density at radius 1 is 1.19 bits per heavy atom. The molecule has 0 spiro atoms. The minimum atomic E-state index is -0.332. The van der Waals surface area contributed by atoms with Gasteiger partial charge in [0.2, 0.25) is 0 Å². The Morgan fingerprint density at radius 2 is 2.08 bits per heavy atom. The molecule has 3 heterocycles. The van der Waals surface area contributed by atoms with Crippen LogP contribution >= 0.6 is 11.3 Å². The molecule has 4 rings (SSSR count). The molecule has 1 atom stereocenters. The third kappa shape index (κ3) is 3.54. The number of hydrogen-bond donors (Lipinski definition) is 2. The van der Waals surface area contributed by atoms with Crippen LogP contribution in [0.5, 0.6) is 0 Å². The van der Waals surface area contributed by atoms with Gasteiger partial charge in [0.15, 0.2) is 5.76 Å². The molecule has 2 aromatic rings. The lowest BCUT2D eigenvalue weighted by Crippen LogP contribution is -2.32. The highest BCUT2D eigenvalue weighted by Gasteiger charge is 2.27. The summed E-state index contributed by atoms with van der Waals surface area (Å²) in [5, 5.41) is 6.48. The fraction of sp³-hybridized carbons (Fsp3) is 0.474. The van der Waals surface area contributed by atoms with E-state index in [0.29, 0.717) is 17.1 Å². The van der Waals surface area contributed by atoms with E-state index in [1.54, 1.807) is 12.1 Å². The van der Waals surface area contributed by atoms with Crippen LogP contribution in [0, 0.1) is 0 Å². The number of carbonyl (C=O) groups excluding carboxylic acids is 2. The number of furan rings is 1. The fourth-order valence-electron chi connectivity index (χ4n) is 3.57. The number of fused-ring (bicyclic) bond motifs is 1. The molecular weight excluding hydrogens is 352 g/mol. The van der Waals surface area contributed by atoms with Crippen molar-refractivity contribution in [1.82, 2.24) is 5.32 Å². The normalized spacial score (nSPS) is 19.2. The van der Waals surface area contributed by atoms with E-state index in [4.69, 9.17) is 9.15 Å². The molecule has 6 nitrogen and oxygen atoms in total. The maximum absolute atomic E-state index is 12.9. The van der Waals surface area contributed by atoms with Crippen LogP contribution in [0.2, 0.25) is 0 Å². The van der Waals surface area contributed by atoms with E-state index in [1.165, 1.54) is 22.5 Å². The van der Waals surface area contributed by atoms with E-state index < -0.39 is 0 Å². The number of aryl methyl sites for hydroxylation is 1. The van der Waals surface area contributed by atoms with Crippen molar-refractivity contribution >= 4 is 28.2 Å². The predicted molar refractivity (Wildman–Crippen MR) is 98.9 cm³/mol. The second kappa shape index (κ2) is 7.63. The summed E-state index contributed by atoms with van der Waals surface area (Å²) in [6.45, 7) is 1.27. The van der Waals surface area contributed by atoms with Crippen LogP contribution in [0.15, 0.2) is 22.8 Å². The SMILES string of the molecule is O=C(Nc1sc2c(c1C(=O)NC[C@@H]1CCCO1)CCCC2)c1ccco1. The summed E-state index contributed by atoms with van der Waals surface area (Å²) >= 11 is 1.51. The number of anilines is 1. The van der Waals surface area contributed by atoms with E-state index in [1.807, 2.05) is 0 Å². The van der Waals surface area contributed by atoms with Crippen molar-refractivity contribution in [3.63, 3.8) is 0 Å². The first-order chi connectivity index (χ1) is 12.7. The maximum atomic E-state index is 12.9. The van der Waals surface area contributed by atoms with Gasteiger partial charge in [0.05, 0.1) is 17.9 Å². The van der Waals surface area contributed by atoms with Crippen molar-refractivity contribution in [2.24, 2.45) is 0 Å². The van der Waals surface area contributed by atoms with E-state index in [0.717, 1.165) is 50.7 Å². The summed E-state index contributed by atoms with van der Waals surface area (Å²) in [6.07, 6.45) is 7.60. The Bertz CT molecular complexity index is 791. The second-order valence-electron chi connectivity index (χ2n) is 6.69. The molecule has 2 aliphatic rings. The van der Waals surface area contributed by atoms with Gasteiger partial charge >= 0.3 is 0 Å². The molecule has 7 heteroatoms. The lowest BCUT2D eigenvalue weighted by molar-refractivity contribution is 0.0858. The summed E-state index contributed by atoms with van der Waals surface area (Å²) in [5.74, 6) is -0.224. The van der Waals surface area contributed by atoms with Crippen LogP contribution in [-0.4, -0.2) is 31.1 Å². The zero-order valence-electron chi connectivity index (χ0n) is 14.5. The van der Waals surface area contributed by atoms with Gasteiger partial charge in [-0.05, 0) is 56.2 Å². The monoisotopic (exact) mass is 374 g/mol. The van der Waals surface area contributed by atoms with Gasteiger partial charge in [-0.25, -0.2) is 0 Å². The predicted octanol–water partition coefficient (Wildman–Crippen LogP) is 3.38. The van der Waals surface area contributed by atoms with Crippen LogP contribution in [0.4, 0.5) is 5.00 Å². The highest BCUT2D eigenvalue weighted by atomic mass is 32.1. The molecule has 0 unspecified atom stereocenters. The summed E-state index contributed by atoms with van der Waals surface area (Å²) in [6, 6.07) is 3.28. The molecule has 1 aliphatic heterocycles. The summed E-state index contributed by atoms with van der Waals surface area (Å²) in [7, 11) is 0. The molecular formula is C19H22N2O4S. The molecule has 26 heavy (non-hydrogen) atoms. The molecule has 0 bridgehead atoms. The number of rotatable bonds is 5. The third-order valence-electron chi connectivity index (χ3n) is 4.88. The first-order valence-corrected chi connectivity index (χ1v) is 9.93. The molecule has 0 saturated carbocycles. The van der Waals surface area contributed by atoms with Crippen molar-refractivity contribution in [3.05, 3.63) is 40.2 Å². The first kappa shape index (κ1) is 17.3. The molecule has 2 N–H and O–H groups in total. The average molecular weight is 374 g/mol. The zero-order chi connectivity index (χ0) is 17.9. The number of ether oxygens (including phenoxy) is 1. The fourth-order valence-corrected chi connectivity index (χ4v) is 4.85. The lowest BCUT2D eigenvalue weighted by atomic mass is 9.95. The molecule has 2 amide bonds. The zero-order valence-corrected chi connectivity index (χ0v) is 15.3. The lowest BCUT2D eigenvalue weighted by Gasteiger charge is -2.15. The Morgan fingerprint density at radius 3 is 2.85 bits per heavy atom. The van der Waals surface area contributed by atoms with Crippen LogP contribution in [0.1, 0.15) is 57.0 Å². The van der Waals surface area contributed by atoms with Gasteiger partial charge in [0.25, 0.3) is 11.8 Å². The molecule has 2 aromatic heterocycles. The Kier molecular flexibility index (Phi) is 5.08. The van der Waals surface area contributed by atoms with Gasteiger partial charge in [0, 0.05) is 18.0 Å². The number of hydrogen-bond acceptors (Lipinski definition) is 5. The molecule has 138 valence electrons. The van der Waals surface area contributed by atoms with E-state index in [9.17, 15) is 9.59 Å². The van der Waals surface area contributed by atoms with Crippen molar-refractivity contribution in [3.8, 4) is 0 Å². The van der Waals surface area contributed by atoms with Gasteiger partial charge in [-0.1, -0.05) is 0 Å². The van der Waals surface area contributed by atoms with E-state index in [2.05, 4.69) is 10.6 Å². The molecule has 1 aliphatic carbocycles. The maximum Gasteiger partial charge on any atom is 0.291 e. The minimum absolute atomic E-state index is 0.0922. The summed E-state index contributed by atoms with van der Waals surface area (Å²) in [5.41, 5.74) is 1.70. The molecule has 0 aromatic carbocycles. The number of nitrogens with one attached hydrogen (secondary N) is 2. The number of carbonyl (C=O) groups is 2. The Balaban J connectivity index is 1.55. The van der Waals surface area contributed by atoms with Crippen molar-refractivity contribution in [2.45, 2.75) is 44.6 Å². The minimum Gasteiger partial charge on any atom is -0.459 e. The first-order valence-electron chi connectivity index (χ1n) is 9.11. The van der Waals surface area contributed by atoms with Gasteiger partial charge in [0.1, 0.15) is 5.00 Å². The van der Waals surface area contributed by atoms with Gasteiger partial charge in [-0.3, -0.25) is 9.59 Å². The van der Waals surface area contributed by atoms with Crippen LogP contribution in [-0.2, 0) is 17.6 Å². The summed E-state index contributed by atoms with van der Waals surface area (Å²) < 4.78 is 10.7. The topological polar surface area (TPSA) is 80.6 Å². The Labute approximate surface area is 155 Å². The van der Waals surface area contributed by atoms with Crippen molar-refractivity contribution in [1.29, 1.82) is 0 Å². The largest absolute Gasteiger partial charge is 0.459 e. The van der Waals surface area contributed by atoms with E-state index >= 15 is 0 Å². The van der Waals surface area contributed by atoms with Crippen LogP contribution in [0.3, 0.4) is 0 Å². The van der Waals surface area contributed by atoms with Crippen LogP contribution < -0.4 is 10.6 Å². The van der Waals surface area contributed by atoms with Gasteiger partial charge < -0.3 is 19.8 Å². The quantitative estimate of drug-likeness (QED) is 0.841. The summed E-state index contributed by atoms with van der Waals surface area (Å²) in [4.78, 5) is 26.5. The van der Waals surface area contributed by atoms with Gasteiger partial charge in [-0.15, -0.1) is 11.3 Å². The molecule has 1 saturated heterocycles. The molecule has 1 fully saturated rings. The average Bonchev–Trinajstić information content (AvgIpc) is 3.39. The molecule has 0 radical (unpaired) electrons. The third-order valence-corrected chi connectivity index (χ3v) is 6.09. The Hall–Kier alpha value is -2.12. The number of amides is 2. The van der Waals surface area contributed by atoms with Crippen LogP contribution in [0.25, 0.3) is 0 Å². The smallest absolute Gasteiger partial charge is 0.291 e. The van der Waals surface area contributed by atoms with Crippen molar-refractivity contribution in [2.75, 3.05) is 18.5 Å².